The lowest BCUT2D eigenvalue weighted by molar-refractivity contribution is 0.715. The summed E-state index contributed by atoms with van der Waals surface area (Å²) < 4.78 is 1.64. The summed E-state index contributed by atoms with van der Waals surface area (Å²) in [6, 6.07) is 0. The van der Waals surface area contributed by atoms with Crippen LogP contribution in [-0.4, -0.2) is 15.0 Å². The van der Waals surface area contributed by atoms with E-state index in [1.54, 1.807) is 17.1 Å². The number of hydrogen-bond acceptors (Lipinski definition) is 2. The van der Waals surface area contributed by atoms with Crippen molar-refractivity contribution in [2.45, 2.75) is 0 Å². The summed E-state index contributed by atoms with van der Waals surface area (Å²) in [5.41, 5.74) is 0. The number of aromatic nitrogens is 3. The third kappa shape index (κ3) is 1.68. The number of halogens is 1. The Morgan fingerprint density at radius 3 is 2.43 bits per heavy atom. The normalized spacial score (nSPS) is 7.57. The quantitative estimate of drug-likeness (QED) is 0.555. The van der Waals surface area contributed by atoms with Gasteiger partial charge in [-0.15, -0.1) is 22.1 Å². The van der Waals surface area contributed by atoms with Crippen molar-refractivity contribution in [1.82, 2.24) is 15.0 Å². The van der Waals surface area contributed by atoms with E-state index in [4.69, 9.17) is 0 Å². The van der Waals surface area contributed by atoms with Crippen LogP contribution in [0.2, 0.25) is 0 Å². The fourth-order valence-corrected chi connectivity index (χ4v) is 0.267. The Balaban J connectivity index is 0.000000360. The van der Waals surface area contributed by atoms with Crippen LogP contribution in [-0.2, 0) is 7.05 Å². The molecule has 0 unspecified atom stereocenters. The number of nitrogens with zero attached hydrogens (tertiary/aromatic N) is 3. The second-order valence-corrected chi connectivity index (χ2v) is 1.08. The minimum atomic E-state index is 0. The summed E-state index contributed by atoms with van der Waals surface area (Å²) in [6.07, 6.45) is 3.42. The molecule has 4 heteroatoms. The third-order valence-electron chi connectivity index (χ3n) is 0.542. The van der Waals surface area contributed by atoms with Gasteiger partial charge in [-0.3, -0.25) is 4.68 Å². The molecule has 0 N–H and O–H groups in total. The molecular formula is C3H6BrN3. The second-order valence-electron chi connectivity index (χ2n) is 1.08. The monoisotopic (exact) mass is 163 g/mol. The first-order valence-electron chi connectivity index (χ1n) is 1.70. The van der Waals surface area contributed by atoms with E-state index in [0.29, 0.717) is 0 Å². The maximum atomic E-state index is 3.58. The molecule has 0 aliphatic carbocycles. The van der Waals surface area contributed by atoms with Crippen LogP contribution in [0.25, 0.3) is 0 Å². The highest BCUT2D eigenvalue weighted by Gasteiger charge is 1.70. The topological polar surface area (TPSA) is 30.7 Å². The predicted molar refractivity (Wildman–Crippen MR) is 31.3 cm³/mol. The van der Waals surface area contributed by atoms with Gasteiger partial charge in [0.05, 0.1) is 6.20 Å². The minimum Gasteiger partial charge on any atom is -0.256 e. The molecule has 40 valence electrons. The van der Waals surface area contributed by atoms with E-state index in [9.17, 15) is 0 Å². The molecule has 0 saturated heterocycles. The molecule has 0 amide bonds. The molecular weight excluding hydrogens is 158 g/mol. The molecule has 0 radical (unpaired) electrons. The lowest BCUT2D eigenvalue weighted by atomic mass is 10.9. The van der Waals surface area contributed by atoms with Crippen molar-refractivity contribution in [3.63, 3.8) is 0 Å². The zero-order valence-corrected chi connectivity index (χ0v) is 5.62. The Labute approximate surface area is 52.1 Å². The zero-order valence-electron chi connectivity index (χ0n) is 3.90. The van der Waals surface area contributed by atoms with E-state index in [1.165, 1.54) is 0 Å². The zero-order chi connectivity index (χ0) is 4.41. The lowest BCUT2D eigenvalue weighted by Crippen LogP contribution is -1.85. The molecule has 0 aromatic carbocycles. The SMILES string of the molecule is Br.Cn1ccnn1. The lowest BCUT2D eigenvalue weighted by Gasteiger charge is -1.74. The summed E-state index contributed by atoms with van der Waals surface area (Å²) in [5, 5.41) is 7.12. The van der Waals surface area contributed by atoms with Crippen LogP contribution in [0.4, 0.5) is 0 Å². The maximum absolute atomic E-state index is 3.58. The molecule has 0 atom stereocenters. The Hall–Kier alpha value is -0.380. The van der Waals surface area contributed by atoms with E-state index < -0.39 is 0 Å². The fraction of sp³-hybridized carbons (Fsp3) is 0.333. The third-order valence-corrected chi connectivity index (χ3v) is 0.542. The van der Waals surface area contributed by atoms with E-state index in [0.717, 1.165) is 0 Å². The summed E-state index contributed by atoms with van der Waals surface area (Å²) in [6.45, 7) is 0. The molecule has 1 heterocycles. The first-order chi connectivity index (χ1) is 2.89. The number of rotatable bonds is 0. The van der Waals surface area contributed by atoms with Crippen molar-refractivity contribution in [2.75, 3.05) is 0 Å². The Morgan fingerprint density at radius 2 is 2.29 bits per heavy atom. The van der Waals surface area contributed by atoms with Crippen LogP contribution in [0.1, 0.15) is 0 Å². The molecule has 0 bridgehead atoms. The van der Waals surface area contributed by atoms with Crippen LogP contribution in [0, 0.1) is 0 Å². The molecule has 0 spiro atoms. The van der Waals surface area contributed by atoms with E-state index in [1.807, 2.05) is 7.05 Å². The van der Waals surface area contributed by atoms with Gasteiger partial charge in [0.15, 0.2) is 0 Å². The van der Waals surface area contributed by atoms with Gasteiger partial charge in [-0.2, -0.15) is 0 Å². The Bertz CT molecular complexity index is 114. The average molecular weight is 164 g/mol. The van der Waals surface area contributed by atoms with E-state index in [-0.39, 0.29) is 17.0 Å². The first-order valence-corrected chi connectivity index (χ1v) is 1.70. The maximum Gasteiger partial charge on any atom is 0.0692 e. The molecule has 1 aromatic heterocycles. The van der Waals surface area contributed by atoms with Crippen LogP contribution >= 0.6 is 17.0 Å². The van der Waals surface area contributed by atoms with Gasteiger partial charge in [0, 0.05) is 13.2 Å². The smallest absolute Gasteiger partial charge is 0.0692 e. The van der Waals surface area contributed by atoms with Crippen molar-refractivity contribution < 1.29 is 0 Å². The van der Waals surface area contributed by atoms with Gasteiger partial charge >= 0.3 is 0 Å². The molecule has 1 aromatic rings. The highest BCUT2D eigenvalue weighted by Crippen LogP contribution is 1.66. The summed E-state index contributed by atoms with van der Waals surface area (Å²) in [7, 11) is 1.83. The number of aryl methyl sites for hydroxylation is 1. The van der Waals surface area contributed by atoms with Gasteiger partial charge in [-0.25, -0.2) is 0 Å². The fourth-order valence-electron chi connectivity index (χ4n) is 0.267. The van der Waals surface area contributed by atoms with Crippen LogP contribution in [0.15, 0.2) is 12.4 Å². The summed E-state index contributed by atoms with van der Waals surface area (Å²) >= 11 is 0. The molecule has 3 nitrogen and oxygen atoms in total. The first kappa shape index (κ1) is 6.62. The van der Waals surface area contributed by atoms with Gasteiger partial charge in [0.25, 0.3) is 0 Å². The molecule has 0 aliphatic rings. The van der Waals surface area contributed by atoms with Gasteiger partial charge < -0.3 is 0 Å². The standard InChI is InChI=1S/C3H5N3.BrH/c1-6-3-2-4-5-6;/h2-3H,1H3;1H. The molecule has 7 heavy (non-hydrogen) atoms. The van der Waals surface area contributed by atoms with Crippen LogP contribution < -0.4 is 0 Å². The van der Waals surface area contributed by atoms with Gasteiger partial charge in [-0.05, 0) is 0 Å². The van der Waals surface area contributed by atoms with Gasteiger partial charge in [-0.1, -0.05) is 5.21 Å². The second kappa shape index (κ2) is 2.74. The Kier molecular flexibility index (Phi) is 2.59. The van der Waals surface area contributed by atoms with E-state index >= 15 is 0 Å². The highest BCUT2D eigenvalue weighted by atomic mass is 79.9. The van der Waals surface area contributed by atoms with Gasteiger partial charge in [0.2, 0.25) is 0 Å². The van der Waals surface area contributed by atoms with Gasteiger partial charge in [0.1, 0.15) is 0 Å². The van der Waals surface area contributed by atoms with Crippen molar-refractivity contribution in [3.8, 4) is 0 Å². The largest absolute Gasteiger partial charge is 0.256 e. The average Bonchev–Trinajstić information content (AvgIpc) is 1.86. The molecule has 0 aliphatic heterocycles. The van der Waals surface area contributed by atoms with Crippen LogP contribution in [0.3, 0.4) is 0 Å². The van der Waals surface area contributed by atoms with Crippen molar-refractivity contribution in [3.05, 3.63) is 12.4 Å². The molecule has 0 fully saturated rings. The van der Waals surface area contributed by atoms with Crippen molar-refractivity contribution in [1.29, 1.82) is 0 Å². The number of hydrogen-bond donors (Lipinski definition) is 0. The minimum absolute atomic E-state index is 0. The summed E-state index contributed by atoms with van der Waals surface area (Å²) in [4.78, 5) is 0. The predicted octanol–water partition coefficient (Wildman–Crippen LogP) is 0.393. The van der Waals surface area contributed by atoms with E-state index in [2.05, 4.69) is 10.3 Å². The molecule has 0 saturated carbocycles. The highest BCUT2D eigenvalue weighted by molar-refractivity contribution is 8.93. The van der Waals surface area contributed by atoms with Crippen LogP contribution in [0.5, 0.6) is 0 Å². The summed E-state index contributed by atoms with van der Waals surface area (Å²) in [5.74, 6) is 0. The van der Waals surface area contributed by atoms with Crippen molar-refractivity contribution >= 4 is 17.0 Å². The molecule has 1 rings (SSSR count). The van der Waals surface area contributed by atoms with Crippen molar-refractivity contribution in [2.24, 2.45) is 7.05 Å². The Morgan fingerprint density at radius 1 is 1.57 bits per heavy atom.